The van der Waals surface area contributed by atoms with Gasteiger partial charge in [-0.15, -0.1) is 0 Å². The molecule has 1 unspecified atom stereocenters. The highest BCUT2D eigenvalue weighted by Gasteiger charge is 2.38. The van der Waals surface area contributed by atoms with Gasteiger partial charge in [0.05, 0.1) is 28.4 Å². The Hall–Kier alpha value is -2.28. The molecule has 2 heterocycles. The molecule has 1 aliphatic rings. The number of fused-ring (bicyclic) bond motifs is 1. The molecule has 1 aliphatic heterocycles. The first-order valence-corrected chi connectivity index (χ1v) is 12.9. The zero-order valence-electron chi connectivity index (χ0n) is 20.4. The number of hydrogen-bond donors (Lipinski definition) is 2. The fourth-order valence-corrected chi connectivity index (χ4v) is 5.54. The lowest BCUT2D eigenvalue weighted by molar-refractivity contribution is 0.262. The van der Waals surface area contributed by atoms with E-state index in [-0.39, 0.29) is 17.1 Å². The second-order valence-corrected chi connectivity index (χ2v) is 11.0. The quantitative estimate of drug-likeness (QED) is 0.300. The number of anilines is 1. The second kappa shape index (κ2) is 9.16. The molecule has 1 aromatic heterocycles. The van der Waals surface area contributed by atoms with Crippen LogP contribution in [0.4, 0.5) is 5.82 Å². The van der Waals surface area contributed by atoms with Gasteiger partial charge in [0.15, 0.2) is 0 Å². The molecule has 3 aromatic rings. The van der Waals surface area contributed by atoms with Crippen LogP contribution in [-0.4, -0.2) is 9.78 Å². The average molecular weight is 555 g/mol. The van der Waals surface area contributed by atoms with Crippen LogP contribution in [-0.2, 0) is 11.1 Å². The highest BCUT2D eigenvalue weighted by molar-refractivity contribution is 14.1. The van der Waals surface area contributed by atoms with Crippen molar-refractivity contribution in [2.45, 2.75) is 71.0 Å². The minimum Gasteiger partial charge on any atom is -0.375 e. The van der Waals surface area contributed by atoms with E-state index in [4.69, 9.17) is 5.10 Å². The summed E-state index contributed by atoms with van der Waals surface area (Å²) in [7, 11) is 0. The van der Waals surface area contributed by atoms with Gasteiger partial charge in [-0.05, 0) is 85.9 Å². The van der Waals surface area contributed by atoms with Crippen molar-refractivity contribution in [2.24, 2.45) is 0 Å². The summed E-state index contributed by atoms with van der Waals surface area (Å²) in [6, 6.07) is 19.8. The predicted molar refractivity (Wildman–Crippen MR) is 147 cm³/mol. The van der Waals surface area contributed by atoms with E-state index in [0.29, 0.717) is 0 Å². The van der Waals surface area contributed by atoms with Crippen molar-refractivity contribution in [1.29, 1.82) is 0 Å². The van der Waals surface area contributed by atoms with E-state index >= 15 is 0 Å². The first kappa shape index (κ1) is 23.9. The Labute approximate surface area is 212 Å². The Morgan fingerprint density at radius 1 is 1.15 bits per heavy atom. The van der Waals surface area contributed by atoms with Gasteiger partial charge in [0.2, 0.25) is 0 Å². The number of halogens is 1. The molecule has 0 fully saturated rings. The minimum atomic E-state index is -0.175. The minimum absolute atomic E-state index is 0.104. The van der Waals surface area contributed by atoms with Crippen molar-refractivity contribution < 1.29 is 0 Å². The van der Waals surface area contributed by atoms with E-state index in [0.717, 1.165) is 42.0 Å². The molecule has 0 aliphatic carbocycles. The Morgan fingerprint density at radius 3 is 2.39 bits per heavy atom. The molecular weight excluding hydrogens is 519 g/mol. The lowest BCUT2D eigenvalue weighted by Gasteiger charge is -2.39. The van der Waals surface area contributed by atoms with E-state index in [1.54, 1.807) is 0 Å². The molecule has 4 rings (SSSR count). The van der Waals surface area contributed by atoms with Gasteiger partial charge in [-0.2, -0.15) is 5.10 Å². The summed E-state index contributed by atoms with van der Waals surface area (Å²) in [6.45, 7) is 15.7. The molecule has 0 saturated heterocycles. The number of aryl methyl sites for hydroxylation is 1. The van der Waals surface area contributed by atoms with Crippen molar-refractivity contribution >= 4 is 34.1 Å². The fraction of sp³-hybridized carbons (Fsp3) is 0.393. The van der Waals surface area contributed by atoms with Crippen LogP contribution in [0.5, 0.6) is 0 Å². The maximum Gasteiger partial charge on any atom is 0.135 e. The molecule has 0 spiro atoms. The third kappa shape index (κ3) is 4.44. The molecule has 2 aromatic carbocycles. The van der Waals surface area contributed by atoms with Crippen molar-refractivity contribution in [3.63, 3.8) is 0 Å². The number of benzene rings is 2. The smallest absolute Gasteiger partial charge is 0.135 e. The highest BCUT2D eigenvalue weighted by atomic mass is 127. The van der Waals surface area contributed by atoms with Crippen molar-refractivity contribution in [3.8, 4) is 0 Å². The third-order valence-corrected chi connectivity index (χ3v) is 7.87. The van der Waals surface area contributed by atoms with Gasteiger partial charge in [-0.3, -0.25) is 0 Å². The van der Waals surface area contributed by atoms with Gasteiger partial charge < -0.3 is 10.6 Å². The Kier molecular flexibility index (Phi) is 6.63. The van der Waals surface area contributed by atoms with Gasteiger partial charge in [0.1, 0.15) is 5.82 Å². The molecule has 1 atom stereocenters. The highest BCUT2D eigenvalue weighted by Crippen LogP contribution is 2.43. The molecule has 0 amide bonds. The van der Waals surface area contributed by atoms with E-state index < -0.39 is 0 Å². The van der Waals surface area contributed by atoms with Crippen molar-refractivity contribution in [3.05, 3.63) is 87.1 Å². The molecular formula is C28H35IN4. The van der Waals surface area contributed by atoms with Crippen LogP contribution >= 0.6 is 22.6 Å². The molecule has 0 saturated carbocycles. The van der Waals surface area contributed by atoms with Crippen LogP contribution in [0.25, 0.3) is 5.70 Å². The summed E-state index contributed by atoms with van der Waals surface area (Å²) >= 11 is 2.36. The Balaban J connectivity index is 1.72. The number of nitrogens with zero attached hydrogens (tertiary/aromatic N) is 2. The summed E-state index contributed by atoms with van der Waals surface area (Å²) in [5, 5.41) is 12.6. The Morgan fingerprint density at radius 2 is 1.79 bits per heavy atom. The first-order valence-electron chi connectivity index (χ1n) is 11.9. The molecule has 0 bridgehead atoms. The fourth-order valence-electron chi connectivity index (χ4n) is 5.18. The summed E-state index contributed by atoms with van der Waals surface area (Å²) < 4.78 is 3.41. The standard InChI is InChI=1S/C28H35IN4/c1-7-28(8-2,22-14-16-23(29)17-15-22)31-19(3)25-20(4)32-33-26(25)30-24(18-27(33,5)6)21-12-10-9-11-13-21/h9-17,24,30-31H,3,7-8,18H2,1-2,4-6H3. The van der Waals surface area contributed by atoms with Gasteiger partial charge in [0.25, 0.3) is 0 Å². The van der Waals surface area contributed by atoms with Crippen LogP contribution in [0.2, 0.25) is 0 Å². The number of hydrogen-bond acceptors (Lipinski definition) is 3. The summed E-state index contributed by atoms with van der Waals surface area (Å²) in [6.07, 6.45) is 2.91. The monoisotopic (exact) mass is 554 g/mol. The van der Waals surface area contributed by atoms with Crippen molar-refractivity contribution in [2.75, 3.05) is 5.32 Å². The molecule has 174 valence electrons. The molecule has 5 heteroatoms. The van der Waals surface area contributed by atoms with Crippen molar-refractivity contribution in [1.82, 2.24) is 15.1 Å². The summed E-state index contributed by atoms with van der Waals surface area (Å²) in [5.41, 5.74) is 5.33. The lowest BCUT2D eigenvalue weighted by Crippen LogP contribution is -2.41. The first-order chi connectivity index (χ1) is 15.7. The molecule has 33 heavy (non-hydrogen) atoms. The zero-order chi connectivity index (χ0) is 23.8. The van der Waals surface area contributed by atoms with E-state index in [1.165, 1.54) is 14.7 Å². The van der Waals surface area contributed by atoms with E-state index in [2.05, 4.69) is 134 Å². The largest absolute Gasteiger partial charge is 0.375 e. The Bertz CT molecular complexity index is 1120. The van der Waals surface area contributed by atoms with Gasteiger partial charge in [0, 0.05) is 9.27 Å². The predicted octanol–water partition coefficient (Wildman–Crippen LogP) is 7.36. The number of nitrogens with one attached hydrogen (secondary N) is 2. The normalized spacial score (nSPS) is 17.2. The maximum atomic E-state index is 4.97. The van der Waals surface area contributed by atoms with Gasteiger partial charge >= 0.3 is 0 Å². The number of rotatable bonds is 7. The van der Waals surface area contributed by atoms with Gasteiger partial charge in [-0.25, -0.2) is 4.68 Å². The molecule has 0 radical (unpaired) electrons. The SMILES string of the molecule is C=C(NC(CC)(CC)c1ccc(I)cc1)c1c(C)nn2c1NC(c1ccccc1)CC2(C)C. The zero-order valence-corrected chi connectivity index (χ0v) is 22.5. The second-order valence-electron chi connectivity index (χ2n) is 9.74. The molecule has 4 nitrogen and oxygen atoms in total. The van der Waals surface area contributed by atoms with E-state index in [1.807, 2.05) is 0 Å². The summed E-state index contributed by atoms with van der Waals surface area (Å²) in [5.74, 6) is 1.05. The van der Waals surface area contributed by atoms with Gasteiger partial charge in [-0.1, -0.05) is 62.9 Å². The topological polar surface area (TPSA) is 41.9 Å². The van der Waals surface area contributed by atoms with Crippen LogP contribution in [0.1, 0.15) is 75.4 Å². The average Bonchev–Trinajstić information content (AvgIpc) is 3.15. The van der Waals surface area contributed by atoms with Crippen LogP contribution in [0.3, 0.4) is 0 Å². The summed E-state index contributed by atoms with van der Waals surface area (Å²) in [4.78, 5) is 0. The van der Waals surface area contributed by atoms with E-state index in [9.17, 15) is 0 Å². The van der Waals surface area contributed by atoms with Crippen LogP contribution in [0, 0.1) is 10.5 Å². The number of aromatic nitrogens is 2. The lowest BCUT2D eigenvalue weighted by atomic mass is 9.84. The van der Waals surface area contributed by atoms with Crippen LogP contribution < -0.4 is 10.6 Å². The molecule has 2 N–H and O–H groups in total. The maximum absolute atomic E-state index is 4.97. The third-order valence-electron chi connectivity index (χ3n) is 7.15. The van der Waals surface area contributed by atoms with Crippen LogP contribution in [0.15, 0.2) is 61.2 Å².